The zero-order chi connectivity index (χ0) is 12.8. The van der Waals surface area contributed by atoms with E-state index in [1.165, 1.54) is 12.0 Å². The maximum Gasteiger partial charge on any atom is 0.323 e. The van der Waals surface area contributed by atoms with E-state index >= 15 is 0 Å². The van der Waals surface area contributed by atoms with Crippen LogP contribution in [0, 0.1) is 6.92 Å². The van der Waals surface area contributed by atoms with E-state index in [2.05, 4.69) is 4.98 Å². The molecule has 0 fully saturated rings. The van der Waals surface area contributed by atoms with E-state index < -0.39 is 5.97 Å². The number of aromatic nitrogens is 1. The lowest BCUT2D eigenvalue weighted by molar-refractivity contribution is -0.137. The highest BCUT2D eigenvalue weighted by Crippen LogP contribution is 2.09. The van der Waals surface area contributed by atoms with E-state index in [0.717, 1.165) is 5.56 Å². The zero-order valence-corrected chi connectivity index (χ0v) is 9.90. The van der Waals surface area contributed by atoms with Crippen molar-refractivity contribution in [2.45, 2.75) is 6.92 Å². The molecule has 2 N–H and O–H groups in total. The highest BCUT2D eigenvalue weighted by Gasteiger charge is 2.20. The van der Waals surface area contributed by atoms with Crippen LogP contribution in [0.2, 0.25) is 0 Å². The number of aliphatic carboxylic acids is 1. The fourth-order valence-electron chi connectivity index (χ4n) is 1.46. The molecule has 0 atom stereocenters. The molecule has 0 spiro atoms. The molecule has 0 aromatic carbocycles. The second kappa shape index (κ2) is 6.05. The largest absolute Gasteiger partial charge is 0.480 e. The van der Waals surface area contributed by atoms with Crippen molar-refractivity contribution in [1.82, 2.24) is 9.88 Å². The molecule has 0 bridgehead atoms. The molecule has 6 nitrogen and oxygen atoms in total. The van der Waals surface area contributed by atoms with Crippen molar-refractivity contribution >= 4 is 11.9 Å². The molecule has 94 valence electrons. The predicted molar refractivity (Wildman–Crippen MR) is 60.9 cm³/mol. The quantitative estimate of drug-likeness (QED) is 0.758. The summed E-state index contributed by atoms with van der Waals surface area (Å²) < 4.78 is 4.86. The van der Waals surface area contributed by atoms with Gasteiger partial charge in [-0.3, -0.25) is 9.59 Å². The van der Waals surface area contributed by atoms with Gasteiger partial charge in [0.2, 0.25) is 0 Å². The fraction of sp³-hybridized carbons (Fsp3) is 0.455. The van der Waals surface area contributed by atoms with E-state index in [4.69, 9.17) is 9.84 Å². The van der Waals surface area contributed by atoms with Crippen molar-refractivity contribution in [2.75, 3.05) is 26.8 Å². The lowest BCUT2D eigenvalue weighted by Crippen LogP contribution is -2.38. The summed E-state index contributed by atoms with van der Waals surface area (Å²) in [7, 11) is 1.50. The van der Waals surface area contributed by atoms with Crippen molar-refractivity contribution in [3.05, 3.63) is 23.5 Å². The van der Waals surface area contributed by atoms with E-state index in [0.29, 0.717) is 12.2 Å². The number of ether oxygens (including phenoxy) is 1. The smallest absolute Gasteiger partial charge is 0.323 e. The average molecular weight is 240 g/mol. The third-order valence-corrected chi connectivity index (χ3v) is 2.36. The van der Waals surface area contributed by atoms with Gasteiger partial charge in [0.25, 0.3) is 5.91 Å². The number of carbonyl (C=O) groups is 2. The summed E-state index contributed by atoms with van der Waals surface area (Å²) in [5.41, 5.74) is 1.28. The van der Waals surface area contributed by atoms with Crippen LogP contribution >= 0.6 is 0 Å². The Morgan fingerprint density at radius 1 is 1.47 bits per heavy atom. The number of carboxylic acids is 1. The Morgan fingerprint density at radius 3 is 2.65 bits per heavy atom. The summed E-state index contributed by atoms with van der Waals surface area (Å²) in [6.07, 6.45) is 3.27. The molecule has 0 saturated carbocycles. The topological polar surface area (TPSA) is 82.6 Å². The molecule has 0 aliphatic heterocycles. The Bertz CT molecular complexity index is 400. The third kappa shape index (κ3) is 3.60. The molecule has 6 heteroatoms. The average Bonchev–Trinajstić information content (AvgIpc) is 2.69. The van der Waals surface area contributed by atoms with Crippen LogP contribution in [0.15, 0.2) is 12.4 Å². The number of rotatable bonds is 6. The van der Waals surface area contributed by atoms with Gasteiger partial charge in [0, 0.05) is 26.0 Å². The van der Waals surface area contributed by atoms with Crippen LogP contribution in [0.1, 0.15) is 15.9 Å². The van der Waals surface area contributed by atoms with Gasteiger partial charge in [0.1, 0.15) is 6.54 Å². The van der Waals surface area contributed by atoms with Gasteiger partial charge in [0.15, 0.2) is 0 Å². The first-order chi connectivity index (χ1) is 8.06. The summed E-state index contributed by atoms with van der Waals surface area (Å²) in [6, 6.07) is 0. The third-order valence-electron chi connectivity index (χ3n) is 2.36. The molecular formula is C11H16N2O4. The molecule has 1 amide bonds. The Labute approximate surface area is 99.2 Å². The van der Waals surface area contributed by atoms with Crippen molar-refractivity contribution in [1.29, 1.82) is 0 Å². The first-order valence-corrected chi connectivity index (χ1v) is 5.19. The normalized spacial score (nSPS) is 10.2. The summed E-state index contributed by atoms with van der Waals surface area (Å²) in [4.78, 5) is 26.8. The molecule has 0 saturated heterocycles. The van der Waals surface area contributed by atoms with Gasteiger partial charge in [-0.25, -0.2) is 0 Å². The standard InChI is InChI=1S/C11H16N2O4/c1-8-5-12-6-9(8)11(16)13(3-4-17-2)7-10(14)15/h5-6,12H,3-4,7H2,1-2H3,(H,14,15). The Kier molecular flexibility index (Phi) is 4.71. The highest BCUT2D eigenvalue weighted by molar-refractivity contribution is 5.96. The minimum absolute atomic E-state index is 0.256. The SMILES string of the molecule is COCCN(CC(=O)O)C(=O)c1c[nH]cc1C. The number of carboxylic acid groups (broad SMARTS) is 1. The van der Waals surface area contributed by atoms with E-state index in [1.807, 2.05) is 0 Å². The van der Waals surface area contributed by atoms with Crippen molar-refractivity contribution in [3.63, 3.8) is 0 Å². The number of hydrogen-bond acceptors (Lipinski definition) is 3. The first-order valence-electron chi connectivity index (χ1n) is 5.19. The fourth-order valence-corrected chi connectivity index (χ4v) is 1.46. The molecule has 17 heavy (non-hydrogen) atoms. The molecule has 1 aromatic rings. The van der Waals surface area contributed by atoms with E-state index in [1.54, 1.807) is 19.3 Å². The predicted octanol–water partition coefficient (Wildman–Crippen LogP) is 0.496. The van der Waals surface area contributed by atoms with Gasteiger partial charge in [-0.05, 0) is 12.5 Å². The van der Waals surface area contributed by atoms with Crippen LogP contribution < -0.4 is 0 Å². The first kappa shape index (κ1) is 13.2. The van der Waals surface area contributed by atoms with Gasteiger partial charge in [-0.1, -0.05) is 0 Å². The molecule has 1 heterocycles. The number of H-pyrrole nitrogens is 1. The summed E-state index contributed by atoms with van der Waals surface area (Å²) >= 11 is 0. The van der Waals surface area contributed by atoms with Crippen molar-refractivity contribution in [2.24, 2.45) is 0 Å². The maximum absolute atomic E-state index is 12.1. The van der Waals surface area contributed by atoms with Crippen LogP contribution in [0.25, 0.3) is 0 Å². The van der Waals surface area contributed by atoms with Crippen molar-refractivity contribution in [3.8, 4) is 0 Å². The Morgan fingerprint density at radius 2 is 2.18 bits per heavy atom. The number of hydrogen-bond donors (Lipinski definition) is 2. The molecule has 0 radical (unpaired) electrons. The number of nitrogens with zero attached hydrogens (tertiary/aromatic N) is 1. The summed E-state index contributed by atoms with van der Waals surface area (Å²) in [5, 5.41) is 8.76. The minimum atomic E-state index is -1.04. The number of aryl methyl sites for hydroxylation is 1. The van der Waals surface area contributed by atoms with Crippen molar-refractivity contribution < 1.29 is 19.4 Å². The van der Waals surface area contributed by atoms with Gasteiger partial charge in [-0.15, -0.1) is 0 Å². The molecule has 0 aliphatic rings. The second-order valence-corrected chi connectivity index (χ2v) is 3.67. The Hall–Kier alpha value is -1.82. The van der Waals surface area contributed by atoms with Gasteiger partial charge in [-0.2, -0.15) is 0 Å². The molecule has 0 aliphatic carbocycles. The molecule has 0 unspecified atom stereocenters. The number of aromatic amines is 1. The molecular weight excluding hydrogens is 224 g/mol. The minimum Gasteiger partial charge on any atom is -0.480 e. The van der Waals surface area contributed by atoms with Gasteiger partial charge >= 0.3 is 5.97 Å². The molecule has 1 rings (SSSR count). The number of amides is 1. The lowest BCUT2D eigenvalue weighted by Gasteiger charge is -2.20. The number of carbonyl (C=O) groups excluding carboxylic acids is 1. The highest BCUT2D eigenvalue weighted by atomic mass is 16.5. The lowest BCUT2D eigenvalue weighted by atomic mass is 10.2. The Balaban J connectivity index is 2.78. The number of methoxy groups -OCH3 is 1. The van der Waals surface area contributed by atoms with Gasteiger partial charge < -0.3 is 19.7 Å². The number of nitrogens with one attached hydrogen (secondary N) is 1. The van der Waals surface area contributed by atoms with E-state index in [9.17, 15) is 9.59 Å². The van der Waals surface area contributed by atoms with Gasteiger partial charge in [0.05, 0.1) is 12.2 Å². The zero-order valence-electron chi connectivity index (χ0n) is 9.90. The van der Waals surface area contributed by atoms with Crippen LogP contribution in [0.5, 0.6) is 0 Å². The molecule has 1 aromatic heterocycles. The van der Waals surface area contributed by atoms with E-state index in [-0.39, 0.29) is 19.0 Å². The monoisotopic (exact) mass is 240 g/mol. The summed E-state index contributed by atoms with van der Waals surface area (Å²) in [5.74, 6) is -1.34. The second-order valence-electron chi connectivity index (χ2n) is 3.67. The summed E-state index contributed by atoms with van der Waals surface area (Å²) in [6.45, 7) is 2.03. The maximum atomic E-state index is 12.1. The van der Waals surface area contributed by atoms with Crippen LogP contribution in [0.4, 0.5) is 0 Å². The van der Waals surface area contributed by atoms with Crippen LogP contribution in [-0.2, 0) is 9.53 Å². The van der Waals surface area contributed by atoms with Crippen LogP contribution in [-0.4, -0.2) is 53.7 Å². The van der Waals surface area contributed by atoms with Crippen LogP contribution in [0.3, 0.4) is 0 Å².